The van der Waals surface area contributed by atoms with Gasteiger partial charge in [0.1, 0.15) is 5.56 Å². The van der Waals surface area contributed by atoms with Crippen LogP contribution < -0.4 is 5.32 Å². The van der Waals surface area contributed by atoms with Crippen LogP contribution in [0.4, 0.5) is 5.69 Å². The molecule has 1 unspecified atom stereocenters. The summed E-state index contributed by atoms with van der Waals surface area (Å²) in [5.74, 6) is -0.459. The first-order valence-electron chi connectivity index (χ1n) is 5.63. The van der Waals surface area contributed by atoms with E-state index in [1.165, 1.54) is 6.07 Å². The molecule has 1 aromatic carbocycles. The third-order valence-electron chi connectivity index (χ3n) is 2.60. The van der Waals surface area contributed by atoms with Crippen LogP contribution in [0.2, 0.25) is 0 Å². The van der Waals surface area contributed by atoms with Crippen molar-refractivity contribution in [2.45, 2.75) is 25.6 Å². The quantitative estimate of drug-likeness (QED) is 0.508. The number of carbonyl (C=O) groups is 1. The van der Waals surface area contributed by atoms with E-state index in [2.05, 4.69) is 5.32 Å². The zero-order valence-corrected chi connectivity index (χ0v) is 11.0. The Morgan fingerprint density at radius 3 is 2.78 bits per heavy atom. The molecule has 0 aromatic heterocycles. The van der Waals surface area contributed by atoms with Gasteiger partial charge in [-0.15, -0.1) is 11.6 Å². The molecule has 1 atom stereocenters. The Morgan fingerprint density at radius 1 is 1.56 bits per heavy atom. The number of nitro benzene ring substituents is 1. The lowest BCUT2D eigenvalue weighted by atomic mass is 10.1. The summed E-state index contributed by atoms with van der Waals surface area (Å²) in [4.78, 5) is 22.3. The number of halogens is 1. The van der Waals surface area contributed by atoms with Crippen LogP contribution in [0.5, 0.6) is 0 Å². The Hall–Kier alpha value is -1.62. The van der Waals surface area contributed by atoms with Gasteiger partial charge < -0.3 is 5.32 Å². The molecule has 1 aromatic rings. The molecule has 18 heavy (non-hydrogen) atoms. The number of nitro groups is 1. The van der Waals surface area contributed by atoms with E-state index in [0.717, 1.165) is 6.42 Å². The van der Waals surface area contributed by atoms with Gasteiger partial charge in [-0.25, -0.2) is 0 Å². The van der Waals surface area contributed by atoms with Gasteiger partial charge in [0.25, 0.3) is 11.6 Å². The number of carbonyl (C=O) groups excluding carboxylic acids is 1. The van der Waals surface area contributed by atoms with E-state index in [-0.39, 0.29) is 16.6 Å². The molecular weight excluding hydrogens is 256 g/mol. The maximum absolute atomic E-state index is 11.9. The molecule has 0 saturated carbocycles. The van der Waals surface area contributed by atoms with E-state index in [9.17, 15) is 14.9 Å². The number of rotatable bonds is 5. The molecule has 0 radical (unpaired) electrons. The summed E-state index contributed by atoms with van der Waals surface area (Å²) in [6.07, 6.45) is 0.720. The summed E-state index contributed by atoms with van der Waals surface area (Å²) in [7, 11) is 0. The molecule has 6 heteroatoms. The van der Waals surface area contributed by atoms with Crippen LogP contribution in [0.15, 0.2) is 18.2 Å². The summed E-state index contributed by atoms with van der Waals surface area (Å²) in [5, 5.41) is 13.3. The molecule has 0 aliphatic heterocycles. The number of nitrogens with one attached hydrogen (secondary N) is 1. The molecule has 0 heterocycles. The normalized spacial score (nSPS) is 11.9. The summed E-state index contributed by atoms with van der Waals surface area (Å²) in [6.45, 7) is 3.86. The number of aryl methyl sites for hydroxylation is 1. The van der Waals surface area contributed by atoms with Crippen LogP contribution >= 0.6 is 11.6 Å². The molecule has 1 rings (SSSR count). The Kier molecular flexibility index (Phi) is 5.09. The van der Waals surface area contributed by atoms with Crippen LogP contribution in [-0.4, -0.2) is 22.8 Å². The molecule has 1 amide bonds. The first-order chi connectivity index (χ1) is 8.47. The Balaban J connectivity index is 2.94. The van der Waals surface area contributed by atoms with E-state index in [4.69, 9.17) is 11.6 Å². The van der Waals surface area contributed by atoms with Crippen LogP contribution in [0, 0.1) is 17.0 Å². The van der Waals surface area contributed by atoms with Gasteiger partial charge in [-0.1, -0.05) is 19.1 Å². The molecule has 1 N–H and O–H groups in total. The summed E-state index contributed by atoms with van der Waals surface area (Å²) >= 11 is 5.89. The highest BCUT2D eigenvalue weighted by molar-refractivity contribution is 6.20. The third-order valence-corrected chi connectivity index (χ3v) is 3.06. The van der Waals surface area contributed by atoms with Gasteiger partial charge >= 0.3 is 0 Å². The predicted octanol–water partition coefficient (Wildman–Crippen LogP) is 2.65. The van der Waals surface area contributed by atoms with Crippen LogP contribution in [0.25, 0.3) is 0 Å². The van der Waals surface area contributed by atoms with Gasteiger partial charge in [-0.2, -0.15) is 0 Å². The fourth-order valence-corrected chi connectivity index (χ4v) is 1.61. The van der Waals surface area contributed by atoms with Crippen molar-refractivity contribution in [3.63, 3.8) is 0 Å². The van der Waals surface area contributed by atoms with Crippen molar-refractivity contribution in [2.75, 3.05) is 6.54 Å². The molecule has 0 aliphatic carbocycles. The molecular formula is C12H15ClN2O3. The Bertz CT molecular complexity index is 463. The van der Waals surface area contributed by atoms with Crippen molar-refractivity contribution in [1.82, 2.24) is 5.32 Å². The van der Waals surface area contributed by atoms with Crippen molar-refractivity contribution in [3.8, 4) is 0 Å². The second kappa shape index (κ2) is 6.35. The second-order valence-corrected chi connectivity index (χ2v) is 4.56. The lowest BCUT2D eigenvalue weighted by Crippen LogP contribution is -2.30. The van der Waals surface area contributed by atoms with Crippen molar-refractivity contribution in [2.24, 2.45) is 0 Å². The monoisotopic (exact) mass is 270 g/mol. The number of amides is 1. The van der Waals surface area contributed by atoms with Gasteiger partial charge in [0.05, 0.1) is 10.3 Å². The number of hydrogen-bond acceptors (Lipinski definition) is 3. The first-order valence-corrected chi connectivity index (χ1v) is 6.07. The van der Waals surface area contributed by atoms with Gasteiger partial charge in [-0.3, -0.25) is 14.9 Å². The van der Waals surface area contributed by atoms with E-state index in [0.29, 0.717) is 12.1 Å². The Labute approximate surface area is 110 Å². The second-order valence-electron chi connectivity index (χ2n) is 3.94. The summed E-state index contributed by atoms with van der Waals surface area (Å²) in [6, 6.07) is 4.54. The molecule has 0 saturated heterocycles. The van der Waals surface area contributed by atoms with E-state index in [1.54, 1.807) is 19.1 Å². The SMILES string of the molecule is CCC(Cl)CNC(=O)c1c(C)cccc1[N+](=O)[O-]. The molecule has 0 spiro atoms. The Morgan fingerprint density at radius 2 is 2.22 bits per heavy atom. The predicted molar refractivity (Wildman–Crippen MR) is 70.1 cm³/mol. The number of benzene rings is 1. The zero-order valence-electron chi connectivity index (χ0n) is 10.3. The maximum Gasteiger partial charge on any atom is 0.282 e. The average molecular weight is 271 g/mol. The molecule has 5 nitrogen and oxygen atoms in total. The highest BCUT2D eigenvalue weighted by Gasteiger charge is 2.22. The lowest BCUT2D eigenvalue weighted by Gasteiger charge is -2.10. The third kappa shape index (κ3) is 3.43. The standard InChI is InChI=1S/C12H15ClN2O3/c1-3-9(13)7-14-12(16)11-8(2)5-4-6-10(11)15(17)18/h4-6,9H,3,7H2,1-2H3,(H,14,16). The maximum atomic E-state index is 11.9. The van der Waals surface area contributed by atoms with Crippen molar-refractivity contribution >= 4 is 23.2 Å². The first kappa shape index (κ1) is 14.4. The smallest absolute Gasteiger partial charge is 0.282 e. The highest BCUT2D eigenvalue weighted by atomic mass is 35.5. The fraction of sp³-hybridized carbons (Fsp3) is 0.417. The minimum Gasteiger partial charge on any atom is -0.350 e. The fourth-order valence-electron chi connectivity index (χ4n) is 1.54. The van der Waals surface area contributed by atoms with Gasteiger partial charge in [0.2, 0.25) is 0 Å². The van der Waals surface area contributed by atoms with Gasteiger partial charge in [-0.05, 0) is 18.9 Å². The average Bonchev–Trinajstić information content (AvgIpc) is 2.34. The minimum atomic E-state index is -0.556. The zero-order chi connectivity index (χ0) is 13.7. The minimum absolute atomic E-state index is 0.0995. The largest absolute Gasteiger partial charge is 0.350 e. The van der Waals surface area contributed by atoms with Crippen LogP contribution in [0.1, 0.15) is 29.3 Å². The molecule has 0 aliphatic rings. The summed E-state index contributed by atoms with van der Waals surface area (Å²) in [5.41, 5.74) is 0.488. The highest BCUT2D eigenvalue weighted by Crippen LogP contribution is 2.21. The van der Waals surface area contributed by atoms with E-state index < -0.39 is 10.8 Å². The lowest BCUT2D eigenvalue weighted by molar-refractivity contribution is -0.385. The topological polar surface area (TPSA) is 72.2 Å². The van der Waals surface area contributed by atoms with Crippen molar-refractivity contribution in [3.05, 3.63) is 39.4 Å². The van der Waals surface area contributed by atoms with Crippen molar-refractivity contribution in [1.29, 1.82) is 0 Å². The molecule has 0 fully saturated rings. The molecule has 0 bridgehead atoms. The van der Waals surface area contributed by atoms with E-state index >= 15 is 0 Å². The van der Waals surface area contributed by atoms with E-state index in [1.807, 2.05) is 6.92 Å². The van der Waals surface area contributed by atoms with Gasteiger partial charge in [0, 0.05) is 12.6 Å². The number of nitrogens with zero attached hydrogens (tertiary/aromatic N) is 1. The van der Waals surface area contributed by atoms with Crippen LogP contribution in [0.3, 0.4) is 0 Å². The van der Waals surface area contributed by atoms with Gasteiger partial charge in [0.15, 0.2) is 0 Å². The number of hydrogen-bond donors (Lipinski definition) is 1. The molecule has 98 valence electrons. The van der Waals surface area contributed by atoms with Crippen LogP contribution in [-0.2, 0) is 0 Å². The van der Waals surface area contributed by atoms with Crippen molar-refractivity contribution < 1.29 is 9.72 Å². The number of alkyl halides is 1. The summed E-state index contributed by atoms with van der Waals surface area (Å²) < 4.78 is 0.